The van der Waals surface area contributed by atoms with Crippen LogP contribution in [0.4, 0.5) is 0 Å². The van der Waals surface area contributed by atoms with Gasteiger partial charge in [0.15, 0.2) is 6.10 Å². The van der Waals surface area contributed by atoms with Crippen LogP contribution in [0.1, 0.15) is 32.3 Å². The van der Waals surface area contributed by atoms with Crippen molar-refractivity contribution in [2.75, 3.05) is 19.6 Å². The van der Waals surface area contributed by atoms with Crippen LogP contribution in [0, 0.1) is 6.92 Å². The molecule has 1 aliphatic rings. The summed E-state index contributed by atoms with van der Waals surface area (Å²) in [5.74, 6) is 0.608. The van der Waals surface area contributed by atoms with Crippen molar-refractivity contribution in [3.8, 4) is 5.75 Å². The van der Waals surface area contributed by atoms with Crippen molar-refractivity contribution in [1.29, 1.82) is 0 Å². The van der Waals surface area contributed by atoms with Crippen molar-refractivity contribution in [3.63, 3.8) is 0 Å². The van der Waals surface area contributed by atoms with Crippen LogP contribution in [0.5, 0.6) is 5.75 Å². The molecule has 2 atom stereocenters. The minimum absolute atomic E-state index is 0.0353. The number of ether oxygens (including phenoxy) is 1. The number of hydrogen-bond donors (Lipinski definition) is 1. The first-order valence-corrected chi connectivity index (χ1v) is 8.34. The molecule has 0 saturated carbocycles. The van der Waals surface area contributed by atoms with E-state index >= 15 is 0 Å². The molecule has 1 amide bonds. The molecule has 0 aliphatic carbocycles. The molecule has 1 aromatic rings. The molecular weight excluding hydrogens is 300 g/mol. The number of nitrogens with one attached hydrogen (secondary N) is 1. The third kappa shape index (κ3) is 4.14. The van der Waals surface area contributed by atoms with Gasteiger partial charge in [-0.1, -0.05) is 24.6 Å². The Hall–Kier alpha value is -1.26. The lowest BCUT2D eigenvalue weighted by atomic mass is 10.2. The third-order valence-electron chi connectivity index (χ3n) is 3.96. The Morgan fingerprint density at radius 3 is 2.95 bits per heavy atom. The second-order valence-corrected chi connectivity index (χ2v) is 6.28. The molecule has 0 spiro atoms. The second kappa shape index (κ2) is 7.84. The van der Waals surface area contributed by atoms with Gasteiger partial charge in [0, 0.05) is 19.1 Å². The highest BCUT2D eigenvalue weighted by Crippen LogP contribution is 2.26. The fourth-order valence-electron chi connectivity index (χ4n) is 2.79. The smallest absolute Gasteiger partial charge is 0.263 e. The fourth-order valence-corrected chi connectivity index (χ4v) is 2.96. The number of carbonyl (C=O) groups is 1. The van der Waals surface area contributed by atoms with E-state index in [0.29, 0.717) is 10.8 Å². The summed E-state index contributed by atoms with van der Waals surface area (Å²) in [5, 5.41) is 3.85. The van der Waals surface area contributed by atoms with Crippen LogP contribution < -0.4 is 10.1 Å². The molecule has 122 valence electrons. The molecule has 1 aromatic carbocycles. The van der Waals surface area contributed by atoms with E-state index in [-0.39, 0.29) is 11.9 Å². The van der Waals surface area contributed by atoms with E-state index in [9.17, 15) is 4.79 Å². The number of amides is 1. The van der Waals surface area contributed by atoms with Gasteiger partial charge in [-0.05, 0) is 50.9 Å². The van der Waals surface area contributed by atoms with Gasteiger partial charge in [-0.2, -0.15) is 0 Å². The first-order chi connectivity index (χ1) is 10.5. The average Bonchev–Trinajstić information content (AvgIpc) is 3.01. The lowest BCUT2D eigenvalue weighted by molar-refractivity contribution is -0.140. The van der Waals surface area contributed by atoms with Gasteiger partial charge in [0.05, 0.1) is 5.02 Å². The molecule has 0 radical (unpaired) electrons. The maximum absolute atomic E-state index is 12.8. The lowest BCUT2D eigenvalue weighted by Gasteiger charge is -2.31. The number of aryl methyl sites for hydroxylation is 1. The third-order valence-corrected chi connectivity index (χ3v) is 4.27. The van der Waals surface area contributed by atoms with Crippen LogP contribution in [-0.2, 0) is 4.79 Å². The summed E-state index contributed by atoms with van der Waals surface area (Å²) in [6, 6.07) is 5.86. The fraction of sp³-hybridized carbons (Fsp3) is 0.588. The molecule has 1 aliphatic heterocycles. The van der Waals surface area contributed by atoms with Crippen LogP contribution in [-0.4, -0.2) is 42.6 Å². The molecular formula is C17H25ClN2O2. The topological polar surface area (TPSA) is 41.6 Å². The van der Waals surface area contributed by atoms with Crippen LogP contribution in [0.3, 0.4) is 0 Å². The Morgan fingerprint density at radius 1 is 1.55 bits per heavy atom. The SMILES string of the molecule is CCCN(C(=O)C(C)Oc1cc(C)ccc1Cl)C1CCNC1. The number of hydrogen-bond acceptors (Lipinski definition) is 3. The van der Waals surface area contributed by atoms with Crippen molar-refractivity contribution >= 4 is 17.5 Å². The average molecular weight is 325 g/mol. The molecule has 0 aromatic heterocycles. The standard InChI is InChI=1S/C17H25ClN2O2/c1-4-9-20(14-7-8-19-11-14)17(21)13(3)22-16-10-12(2)5-6-15(16)18/h5-6,10,13-14,19H,4,7-9,11H2,1-3H3. The Morgan fingerprint density at radius 2 is 2.32 bits per heavy atom. The van der Waals surface area contributed by atoms with Crippen molar-refractivity contribution in [3.05, 3.63) is 28.8 Å². The zero-order valence-electron chi connectivity index (χ0n) is 13.6. The first-order valence-electron chi connectivity index (χ1n) is 7.97. The molecule has 5 heteroatoms. The monoisotopic (exact) mass is 324 g/mol. The predicted octanol–water partition coefficient (Wildman–Crippen LogP) is 3.02. The number of benzene rings is 1. The molecule has 1 heterocycles. The van der Waals surface area contributed by atoms with Crippen LogP contribution in [0.25, 0.3) is 0 Å². The van der Waals surface area contributed by atoms with Crippen LogP contribution in [0.15, 0.2) is 18.2 Å². The maximum Gasteiger partial charge on any atom is 0.263 e. The Bertz CT molecular complexity index is 515. The van der Waals surface area contributed by atoms with Crippen LogP contribution >= 0.6 is 11.6 Å². The van der Waals surface area contributed by atoms with Crippen molar-refractivity contribution in [2.24, 2.45) is 0 Å². The Labute approximate surface area is 137 Å². The van der Waals surface area contributed by atoms with Gasteiger partial charge in [0.25, 0.3) is 5.91 Å². The van der Waals surface area contributed by atoms with Crippen molar-refractivity contribution < 1.29 is 9.53 Å². The summed E-state index contributed by atoms with van der Waals surface area (Å²) >= 11 is 6.15. The second-order valence-electron chi connectivity index (χ2n) is 5.87. The van der Waals surface area contributed by atoms with E-state index in [1.165, 1.54) is 0 Å². The number of rotatable bonds is 6. The number of halogens is 1. The minimum atomic E-state index is -0.536. The Balaban J connectivity index is 2.07. The first kappa shape index (κ1) is 17.1. The quantitative estimate of drug-likeness (QED) is 0.874. The highest BCUT2D eigenvalue weighted by molar-refractivity contribution is 6.32. The number of nitrogens with zero attached hydrogens (tertiary/aromatic N) is 1. The molecule has 22 heavy (non-hydrogen) atoms. The van der Waals surface area contributed by atoms with E-state index in [2.05, 4.69) is 12.2 Å². The summed E-state index contributed by atoms with van der Waals surface area (Å²) < 4.78 is 5.83. The molecule has 1 N–H and O–H groups in total. The number of carbonyl (C=O) groups excluding carboxylic acids is 1. The van der Waals surface area contributed by atoms with E-state index in [0.717, 1.165) is 38.0 Å². The largest absolute Gasteiger partial charge is 0.479 e. The zero-order valence-corrected chi connectivity index (χ0v) is 14.3. The summed E-state index contributed by atoms with van der Waals surface area (Å²) in [7, 11) is 0. The predicted molar refractivity (Wildman–Crippen MR) is 89.6 cm³/mol. The van der Waals surface area contributed by atoms with E-state index in [4.69, 9.17) is 16.3 Å². The molecule has 4 nitrogen and oxygen atoms in total. The summed E-state index contributed by atoms with van der Waals surface area (Å²) in [6.45, 7) is 8.46. The van der Waals surface area contributed by atoms with Gasteiger partial charge >= 0.3 is 0 Å². The molecule has 2 unspecified atom stereocenters. The summed E-state index contributed by atoms with van der Waals surface area (Å²) in [4.78, 5) is 14.7. The van der Waals surface area contributed by atoms with Gasteiger partial charge in [-0.3, -0.25) is 4.79 Å². The molecule has 1 fully saturated rings. The van der Waals surface area contributed by atoms with E-state index in [1.54, 1.807) is 13.0 Å². The van der Waals surface area contributed by atoms with Gasteiger partial charge in [-0.25, -0.2) is 0 Å². The highest BCUT2D eigenvalue weighted by atomic mass is 35.5. The summed E-state index contributed by atoms with van der Waals surface area (Å²) in [6.07, 6.45) is 1.41. The zero-order chi connectivity index (χ0) is 16.1. The minimum Gasteiger partial charge on any atom is -0.479 e. The Kier molecular flexibility index (Phi) is 6.09. The van der Waals surface area contributed by atoms with Crippen molar-refractivity contribution in [2.45, 2.75) is 45.8 Å². The molecule has 0 bridgehead atoms. The molecule has 1 saturated heterocycles. The van der Waals surface area contributed by atoms with Crippen LogP contribution in [0.2, 0.25) is 5.02 Å². The summed E-state index contributed by atoms with van der Waals surface area (Å²) in [5.41, 5.74) is 1.06. The van der Waals surface area contributed by atoms with Gasteiger partial charge < -0.3 is 15.0 Å². The van der Waals surface area contributed by atoms with Gasteiger partial charge in [-0.15, -0.1) is 0 Å². The highest BCUT2D eigenvalue weighted by Gasteiger charge is 2.30. The maximum atomic E-state index is 12.8. The van der Waals surface area contributed by atoms with E-state index < -0.39 is 6.10 Å². The molecule has 2 rings (SSSR count). The van der Waals surface area contributed by atoms with Crippen molar-refractivity contribution in [1.82, 2.24) is 10.2 Å². The van der Waals surface area contributed by atoms with Gasteiger partial charge in [0.2, 0.25) is 0 Å². The lowest BCUT2D eigenvalue weighted by Crippen LogP contribution is -2.47. The van der Waals surface area contributed by atoms with E-state index in [1.807, 2.05) is 24.0 Å². The van der Waals surface area contributed by atoms with Gasteiger partial charge in [0.1, 0.15) is 5.75 Å². The normalized spacial score (nSPS) is 19.0.